The van der Waals surface area contributed by atoms with Gasteiger partial charge in [-0.1, -0.05) is 13.8 Å². The molecule has 0 radical (unpaired) electrons. The third kappa shape index (κ3) is 3.95. The van der Waals surface area contributed by atoms with Crippen molar-refractivity contribution in [3.8, 4) is 0 Å². The van der Waals surface area contributed by atoms with E-state index in [1.165, 1.54) is 0 Å². The van der Waals surface area contributed by atoms with Gasteiger partial charge in [-0.3, -0.25) is 4.79 Å². The maximum Gasteiger partial charge on any atom is 0.434 e. The molecule has 3 N–H and O–H groups in total. The molecule has 18 heavy (non-hydrogen) atoms. The van der Waals surface area contributed by atoms with Crippen LogP contribution in [0.1, 0.15) is 24.5 Å². The molecule has 8 heteroatoms. The Balaban J connectivity index is 2.55. The van der Waals surface area contributed by atoms with E-state index in [1.807, 2.05) is 0 Å². The first-order valence-electron chi connectivity index (χ1n) is 5.26. The molecule has 1 atom stereocenters. The molecule has 0 bridgehead atoms. The van der Waals surface area contributed by atoms with Crippen LogP contribution in [0, 0.1) is 5.92 Å². The van der Waals surface area contributed by atoms with Crippen LogP contribution < -0.4 is 11.1 Å². The minimum atomic E-state index is -4.45. The van der Waals surface area contributed by atoms with Gasteiger partial charge in [-0.15, -0.1) is 11.3 Å². The van der Waals surface area contributed by atoms with Crippen LogP contribution in [0.2, 0.25) is 0 Å². The highest BCUT2D eigenvalue weighted by Gasteiger charge is 2.33. The summed E-state index contributed by atoms with van der Waals surface area (Å²) in [6, 6.07) is -0.674. The first-order valence-corrected chi connectivity index (χ1v) is 6.14. The second-order valence-electron chi connectivity index (χ2n) is 4.11. The molecule has 0 spiro atoms. The topological polar surface area (TPSA) is 68.0 Å². The van der Waals surface area contributed by atoms with Crippen LogP contribution in [-0.2, 0) is 17.5 Å². The fourth-order valence-electron chi connectivity index (χ4n) is 1.11. The van der Waals surface area contributed by atoms with E-state index in [2.05, 4.69) is 10.3 Å². The number of hydrogen-bond donors (Lipinski definition) is 2. The molecule has 0 unspecified atom stereocenters. The minimum Gasteiger partial charge on any atom is -0.348 e. The largest absolute Gasteiger partial charge is 0.434 e. The quantitative estimate of drug-likeness (QED) is 0.883. The van der Waals surface area contributed by atoms with Crippen LogP contribution in [0.5, 0.6) is 0 Å². The van der Waals surface area contributed by atoms with E-state index >= 15 is 0 Å². The Morgan fingerprint density at radius 3 is 2.61 bits per heavy atom. The van der Waals surface area contributed by atoms with Gasteiger partial charge in [0.05, 0.1) is 12.6 Å². The van der Waals surface area contributed by atoms with Crippen molar-refractivity contribution in [1.29, 1.82) is 0 Å². The van der Waals surface area contributed by atoms with Crippen LogP contribution >= 0.6 is 11.3 Å². The van der Waals surface area contributed by atoms with Gasteiger partial charge < -0.3 is 11.1 Å². The van der Waals surface area contributed by atoms with Gasteiger partial charge in [-0.25, -0.2) is 4.98 Å². The van der Waals surface area contributed by atoms with E-state index in [0.29, 0.717) is 0 Å². The summed E-state index contributed by atoms with van der Waals surface area (Å²) in [6.45, 7) is 3.53. The molecule has 1 aromatic rings. The third-order valence-electron chi connectivity index (χ3n) is 2.28. The molecule has 0 aliphatic rings. The fraction of sp³-hybridized carbons (Fsp3) is 0.600. The second kappa shape index (κ2) is 5.66. The lowest BCUT2D eigenvalue weighted by atomic mass is 10.1. The van der Waals surface area contributed by atoms with Crippen molar-refractivity contribution in [3.05, 3.63) is 16.1 Å². The standard InChI is InChI=1S/C10H14F3N3OS/c1-5(2)8(14)9(17)15-3-7-16-6(4-18-7)10(11,12)13/h4-5,8H,3,14H2,1-2H3,(H,15,17)/t8-/m0/s1. The Hall–Kier alpha value is -1.15. The average Bonchev–Trinajstić information content (AvgIpc) is 2.72. The summed E-state index contributed by atoms with van der Waals surface area (Å²) in [6.07, 6.45) is -4.45. The lowest BCUT2D eigenvalue weighted by molar-refractivity contribution is -0.140. The summed E-state index contributed by atoms with van der Waals surface area (Å²) in [4.78, 5) is 14.9. The van der Waals surface area contributed by atoms with Gasteiger partial charge in [0.25, 0.3) is 0 Å². The van der Waals surface area contributed by atoms with Crippen molar-refractivity contribution in [1.82, 2.24) is 10.3 Å². The zero-order valence-corrected chi connectivity index (χ0v) is 10.7. The number of nitrogens with zero attached hydrogens (tertiary/aromatic N) is 1. The monoisotopic (exact) mass is 281 g/mol. The summed E-state index contributed by atoms with van der Waals surface area (Å²) < 4.78 is 36.8. The van der Waals surface area contributed by atoms with Gasteiger partial charge in [0.1, 0.15) is 5.01 Å². The van der Waals surface area contributed by atoms with Crippen molar-refractivity contribution >= 4 is 17.2 Å². The molecule has 1 amide bonds. The maximum atomic E-state index is 12.3. The molecule has 102 valence electrons. The van der Waals surface area contributed by atoms with Crippen molar-refractivity contribution in [2.75, 3.05) is 0 Å². The first-order chi connectivity index (χ1) is 8.21. The van der Waals surface area contributed by atoms with Gasteiger partial charge in [0.15, 0.2) is 5.69 Å². The highest BCUT2D eigenvalue weighted by Crippen LogP contribution is 2.29. The molecule has 0 fully saturated rings. The number of halogens is 3. The second-order valence-corrected chi connectivity index (χ2v) is 5.05. The number of rotatable bonds is 4. The fourth-order valence-corrected chi connectivity index (χ4v) is 1.85. The number of alkyl halides is 3. The molecule has 4 nitrogen and oxygen atoms in total. The average molecular weight is 281 g/mol. The van der Waals surface area contributed by atoms with E-state index in [1.54, 1.807) is 13.8 Å². The van der Waals surface area contributed by atoms with Crippen LogP contribution in [0.3, 0.4) is 0 Å². The van der Waals surface area contributed by atoms with E-state index in [-0.39, 0.29) is 17.5 Å². The SMILES string of the molecule is CC(C)[C@H](N)C(=O)NCc1nc(C(F)(F)F)cs1. The molecule has 1 rings (SSSR count). The number of aromatic nitrogens is 1. The summed E-state index contributed by atoms with van der Waals surface area (Å²) in [5.74, 6) is -0.430. The van der Waals surface area contributed by atoms with Crippen molar-refractivity contribution in [3.63, 3.8) is 0 Å². The van der Waals surface area contributed by atoms with Gasteiger partial charge in [-0.2, -0.15) is 13.2 Å². The molecule has 1 heterocycles. The molecular formula is C10H14F3N3OS. The van der Waals surface area contributed by atoms with Gasteiger partial charge in [0.2, 0.25) is 5.91 Å². The van der Waals surface area contributed by atoms with Crippen LogP contribution in [0.25, 0.3) is 0 Å². The number of carbonyl (C=O) groups excluding carboxylic acids is 1. The summed E-state index contributed by atoms with van der Waals surface area (Å²) in [7, 11) is 0. The highest BCUT2D eigenvalue weighted by molar-refractivity contribution is 7.09. The van der Waals surface area contributed by atoms with Crippen molar-refractivity contribution < 1.29 is 18.0 Å². The van der Waals surface area contributed by atoms with Crippen LogP contribution in [0.15, 0.2) is 5.38 Å². The van der Waals surface area contributed by atoms with Crippen LogP contribution in [-0.4, -0.2) is 16.9 Å². The first kappa shape index (κ1) is 14.9. The number of thiazole rings is 1. The molecule has 0 aliphatic heterocycles. The third-order valence-corrected chi connectivity index (χ3v) is 3.13. The zero-order chi connectivity index (χ0) is 13.9. The van der Waals surface area contributed by atoms with E-state index in [4.69, 9.17) is 5.73 Å². The Kier molecular flexibility index (Phi) is 4.69. The maximum absolute atomic E-state index is 12.3. The number of carbonyl (C=O) groups is 1. The molecule has 0 saturated heterocycles. The Bertz CT molecular complexity index is 417. The van der Waals surface area contributed by atoms with E-state index in [0.717, 1.165) is 16.7 Å². The smallest absolute Gasteiger partial charge is 0.348 e. The van der Waals surface area contributed by atoms with E-state index in [9.17, 15) is 18.0 Å². The van der Waals surface area contributed by atoms with Gasteiger partial charge in [0, 0.05) is 5.38 Å². The normalized spacial score (nSPS) is 13.7. The number of hydrogen-bond acceptors (Lipinski definition) is 4. The predicted octanol–water partition coefficient (Wildman–Crippen LogP) is 1.76. The predicted molar refractivity (Wildman–Crippen MR) is 61.8 cm³/mol. The number of nitrogens with one attached hydrogen (secondary N) is 1. The van der Waals surface area contributed by atoms with Gasteiger partial charge in [-0.05, 0) is 5.92 Å². The Morgan fingerprint density at radius 1 is 1.56 bits per heavy atom. The molecule has 0 saturated carbocycles. The van der Waals surface area contributed by atoms with E-state index < -0.39 is 23.8 Å². The molecular weight excluding hydrogens is 267 g/mol. The van der Waals surface area contributed by atoms with Crippen molar-refractivity contribution in [2.24, 2.45) is 11.7 Å². The Labute approximate surface area is 106 Å². The zero-order valence-electron chi connectivity index (χ0n) is 9.91. The number of amides is 1. The summed E-state index contributed by atoms with van der Waals surface area (Å²) in [5.41, 5.74) is 4.65. The lowest BCUT2D eigenvalue weighted by Gasteiger charge is -2.14. The summed E-state index contributed by atoms with van der Waals surface area (Å²) in [5, 5.41) is 3.58. The lowest BCUT2D eigenvalue weighted by Crippen LogP contribution is -2.43. The molecule has 0 aliphatic carbocycles. The molecule has 1 aromatic heterocycles. The minimum absolute atomic E-state index is 0.0352. The van der Waals surface area contributed by atoms with Gasteiger partial charge >= 0.3 is 6.18 Å². The molecule has 0 aromatic carbocycles. The highest BCUT2D eigenvalue weighted by atomic mass is 32.1. The Morgan fingerprint density at radius 2 is 2.17 bits per heavy atom. The number of nitrogens with two attached hydrogens (primary N) is 1. The summed E-state index contributed by atoms with van der Waals surface area (Å²) >= 11 is 0.852. The van der Waals surface area contributed by atoms with Crippen LogP contribution in [0.4, 0.5) is 13.2 Å². The van der Waals surface area contributed by atoms with Crippen molar-refractivity contribution in [2.45, 2.75) is 32.6 Å².